The number of benzene rings is 1. The smallest absolute Gasteiger partial charge is 0.253 e. The molecule has 8 nitrogen and oxygen atoms in total. The van der Waals surface area contributed by atoms with E-state index in [0.717, 1.165) is 43.2 Å². The maximum atomic E-state index is 12.7. The molecule has 0 aliphatic carbocycles. The first-order valence-electron chi connectivity index (χ1n) is 9.97. The summed E-state index contributed by atoms with van der Waals surface area (Å²) < 4.78 is 3.53. The van der Waals surface area contributed by atoms with E-state index in [9.17, 15) is 9.59 Å². The van der Waals surface area contributed by atoms with Crippen LogP contribution >= 0.6 is 0 Å². The molecule has 2 aliphatic heterocycles. The fraction of sp³-hybridized carbons (Fsp3) is 0.429. The highest BCUT2D eigenvalue weighted by molar-refractivity contribution is 5.79. The number of nitrogens with zero attached hydrogens (tertiary/aromatic N) is 6. The van der Waals surface area contributed by atoms with Crippen molar-refractivity contribution in [1.82, 2.24) is 24.0 Å². The molecule has 0 spiro atoms. The second-order valence-electron chi connectivity index (χ2n) is 8.18. The number of amides is 1. The highest BCUT2D eigenvalue weighted by Crippen LogP contribution is 2.34. The molecule has 2 atom stereocenters. The van der Waals surface area contributed by atoms with Gasteiger partial charge in [0.05, 0.1) is 17.4 Å². The third kappa shape index (κ3) is 3.08. The molecule has 2 aliphatic rings. The van der Waals surface area contributed by atoms with Crippen molar-refractivity contribution < 1.29 is 4.79 Å². The number of aryl methyl sites for hydroxylation is 2. The van der Waals surface area contributed by atoms with Gasteiger partial charge in [0.1, 0.15) is 6.54 Å². The highest BCUT2D eigenvalue weighted by atomic mass is 16.2. The van der Waals surface area contributed by atoms with Crippen molar-refractivity contribution in [3.05, 3.63) is 52.7 Å². The maximum Gasteiger partial charge on any atom is 0.253 e. The largest absolute Gasteiger partial charge is 0.342 e. The molecule has 2 saturated heterocycles. The first-order chi connectivity index (χ1) is 14.0. The molecule has 2 fully saturated rings. The van der Waals surface area contributed by atoms with E-state index in [0.29, 0.717) is 17.5 Å². The van der Waals surface area contributed by atoms with Gasteiger partial charge in [-0.15, -0.1) is 0 Å². The Balaban J connectivity index is 1.26. The van der Waals surface area contributed by atoms with Gasteiger partial charge < -0.3 is 14.4 Å². The molecule has 0 saturated carbocycles. The second kappa shape index (κ2) is 6.72. The van der Waals surface area contributed by atoms with Crippen molar-refractivity contribution >= 4 is 22.9 Å². The second-order valence-corrected chi connectivity index (χ2v) is 8.18. The fourth-order valence-electron chi connectivity index (χ4n) is 4.66. The molecule has 0 bridgehead atoms. The number of imidazole rings is 1. The predicted molar refractivity (Wildman–Crippen MR) is 110 cm³/mol. The SMILES string of the molecule is Cc1cc(=O)n(CC(=O)N2CC3CN(c4nc5ccccc5n4C)CC3C2)cn1. The van der Waals surface area contributed by atoms with Gasteiger partial charge in [-0.1, -0.05) is 12.1 Å². The van der Waals surface area contributed by atoms with E-state index in [1.807, 2.05) is 23.1 Å². The Labute approximate surface area is 168 Å². The zero-order chi connectivity index (χ0) is 20.1. The van der Waals surface area contributed by atoms with Crippen molar-refractivity contribution in [2.45, 2.75) is 13.5 Å². The Bertz CT molecular complexity index is 1140. The van der Waals surface area contributed by atoms with Crippen molar-refractivity contribution in [2.75, 3.05) is 31.1 Å². The summed E-state index contributed by atoms with van der Waals surface area (Å²) in [6.07, 6.45) is 1.46. The molecule has 4 heterocycles. The van der Waals surface area contributed by atoms with Crippen LogP contribution in [0.2, 0.25) is 0 Å². The van der Waals surface area contributed by atoms with Gasteiger partial charge in [0.25, 0.3) is 5.56 Å². The number of carbonyl (C=O) groups is 1. The number of aromatic nitrogens is 4. The van der Waals surface area contributed by atoms with Crippen LogP contribution in [0.3, 0.4) is 0 Å². The number of carbonyl (C=O) groups excluding carboxylic acids is 1. The molecule has 0 radical (unpaired) electrons. The lowest BCUT2D eigenvalue weighted by atomic mass is 10.0. The Morgan fingerprint density at radius 1 is 1.14 bits per heavy atom. The van der Waals surface area contributed by atoms with Crippen molar-refractivity contribution in [2.24, 2.45) is 18.9 Å². The maximum absolute atomic E-state index is 12.7. The van der Waals surface area contributed by atoms with Crippen LogP contribution in [0.5, 0.6) is 0 Å². The van der Waals surface area contributed by atoms with Crippen molar-refractivity contribution in [3.8, 4) is 0 Å². The molecule has 8 heteroatoms. The van der Waals surface area contributed by atoms with E-state index < -0.39 is 0 Å². The number of fused-ring (bicyclic) bond motifs is 2. The molecule has 150 valence electrons. The molecule has 2 unspecified atom stereocenters. The normalized spacial score (nSPS) is 21.2. The number of hydrogen-bond acceptors (Lipinski definition) is 5. The van der Waals surface area contributed by atoms with Crippen LogP contribution in [0.1, 0.15) is 5.69 Å². The highest BCUT2D eigenvalue weighted by Gasteiger charge is 2.42. The first kappa shape index (κ1) is 17.9. The monoisotopic (exact) mass is 392 g/mol. The number of anilines is 1. The molecule has 0 N–H and O–H groups in total. The Kier molecular flexibility index (Phi) is 4.15. The molecule has 29 heavy (non-hydrogen) atoms. The minimum Gasteiger partial charge on any atom is -0.342 e. The van der Waals surface area contributed by atoms with Crippen LogP contribution in [0, 0.1) is 18.8 Å². The third-order valence-corrected chi connectivity index (χ3v) is 6.21. The van der Waals surface area contributed by atoms with E-state index in [1.165, 1.54) is 17.0 Å². The summed E-state index contributed by atoms with van der Waals surface area (Å²) in [5.41, 5.74) is 2.62. The van der Waals surface area contributed by atoms with E-state index >= 15 is 0 Å². The first-order valence-corrected chi connectivity index (χ1v) is 9.97. The fourth-order valence-corrected chi connectivity index (χ4v) is 4.66. The number of rotatable bonds is 3. The summed E-state index contributed by atoms with van der Waals surface area (Å²) in [6.45, 7) is 5.09. The van der Waals surface area contributed by atoms with Crippen LogP contribution in [0.15, 0.2) is 41.5 Å². The van der Waals surface area contributed by atoms with E-state index in [2.05, 4.69) is 27.6 Å². The van der Waals surface area contributed by atoms with Gasteiger partial charge in [0.2, 0.25) is 11.9 Å². The lowest BCUT2D eigenvalue weighted by Gasteiger charge is -2.22. The molecule has 1 amide bonds. The van der Waals surface area contributed by atoms with Crippen LogP contribution in [0.4, 0.5) is 5.95 Å². The summed E-state index contributed by atoms with van der Waals surface area (Å²) in [4.78, 5) is 37.9. The average Bonchev–Trinajstić information content (AvgIpc) is 3.36. The third-order valence-electron chi connectivity index (χ3n) is 6.21. The summed E-state index contributed by atoms with van der Waals surface area (Å²) in [7, 11) is 2.06. The average molecular weight is 392 g/mol. The van der Waals surface area contributed by atoms with Gasteiger partial charge in [-0.3, -0.25) is 14.2 Å². The Hall–Kier alpha value is -3.16. The number of para-hydroxylation sites is 2. The number of hydrogen-bond donors (Lipinski definition) is 0. The molecule has 2 aromatic heterocycles. The summed E-state index contributed by atoms with van der Waals surface area (Å²) >= 11 is 0. The van der Waals surface area contributed by atoms with E-state index in [4.69, 9.17) is 4.98 Å². The molecule has 3 aromatic rings. The molecular weight excluding hydrogens is 368 g/mol. The van der Waals surface area contributed by atoms with Gasteiger partial charge in [-0.05, 0) is 19.1 Å². The summed E-state index contributed by atoms with van der Waals surface area (Å²) in [6, 6.07) is 9.63. The van der Waals surface area contributed by atoms with E-state index in [-0.39, 0.29) is 18.0 Å². The van der Waals surface area contributed by atoms with Crippen LogP contribution in [-0.2, 0) is 18.4 Å². The van der Waals surface area contributed by atoms with Gasteiger partial charge in [0.15, 0.2) is 0 Å². The molecule has 5 rings (SSSR count). The van der Waals surface area contributed by atoms with Crippen LogP contribution < -0.4 is 10.5 Å². The summed E-state index contributed by atoms with van der Waals surface area (Å²) in [5.74, 6) is 1.86. The van der Waals surface area contributed by atoms with Gasteiger partial charge in [-0.2, -0.15) is 0 Å². The topological polar surface area (TPSA) is 76.3 Å². The summed E-state index contributed by atoms with van der Waals surface area (Å²) in [5, 5.41) is 0. The van der Waals surface area contributed by atoms with Crippen molar-refractivity contribution in [3.63, 3.8) is 0 Å². The lowest BCUT2D eigenvalue weighted by Crippen LogP contribution is -2.37. The van der Waals surface area contributed by atoms with Gasteiger partial charge in [0, 0.05) is 56.8 Å². The minimum atomic E-state index is -0.182. The zero-order valence-corrected chi connectivity index (χ0v) is 16.7. The lowest BCUT2D eigenvalue weighted by molar-refractivity contribution is -0.131. The Morgan fingerprint density at radius 2 is 1.86 bits per heavy atom. The minimum absolute atomic E-state index is 0.0126. The van der Waals surface area contributed by atoms with Gasteiger partial charge in [-0.25, -0.2) is 9.97 Å². The quantitative estimate of drug-likeness (QED) is 0.666. The Morgan fingerprint density at radius 3 is 2.55 bits per heavy atom. The van der Waals surface area contributed by atoms with Gasteiger partial charge >= 0.3 is 0 Å². The van der Waals surface area contributed by atoms with E-state index in [1.54, 1.807) is 6.92 Å². The van der Waals surface area contributed by atoms with Crippen LogP contribution in [0.25, 0.3) is 11.0 Å². The predicted octanol–water partition coefficient (Wildman–Crippen LogP) is 1.03. The molecular formula is C21H24N6O2. The van der Waals surface area contributed by atoms with Crippen LogP contribution in [-0.4, -0.2) is 56.1 Å². The number of likely N-dealkylation sites (tertiary alicyclic amines) is 1. The molecule has 1 aromatic carbocycles. The standard InChI is InChI=1S/C21H24N6O2/c1-14-7-19(28)27(13-22-14)12-20(29)25-8-15-10-26(11-16(15)9-25)21-23-17-5-3-4-6-18(17)24(21)2/h3-7,13,15-16H,8-12H2,1-2H3. The zero-order valence-electron chi connectivity index (χ0n) is 16.7. The van der Waals surface area contributed by atoms with Crippen molar-refractivity contribution in [1.29, 1.82) is 0 Å².